The van der Waals surface area contributed by atoms with Gasteiger partial charge in [0, 0.05) is 10.6 Å². The van der Waals surface area contributed by atoms with Gasteiger partial charge >= 0.3 is 0 Å². The summed E-state index contributed by atoms with van der Waals surface area (Å²) in [5, 5.41) is 0. The highest BCUT2D eigenvalue weighted by Gasteiger charge is 2.13. The zero-order valence-corrected chi connectivity index (χ0v) is 7.06. The van der Waals surface area contributed by atoms with Crippen LogP contribution in [0.3, 0.4) is 0 Å². The molecule has 11 heavy (non-hydrogen) atoms. The second-order valence-corrected chi connectivity index (χ2v) is 4.30. The molecule has 1 aromatic carbocycles. The molecular formula is C9H10OS. The molecule has 0 fully saturated rings. The standard InChI is InChI=1S/C9H10OS/c10-11-7-3-5-8-4-1-2-6-9(8)11/h1-2,4,6H,3,5,7H2/t11-/m1/s1. The van der Waals surface area contributed by atoms with Crippen molar-refractivity contribution in [2.45, 2.75) is 17.7 Å². The fraction of sp³-hybridized carbons (Fsp3) is 0.333. The summed E-state index contributed by atoms with van der Waals surface area (Å²) < 4.78 is 11.4. The quantitative estimate of drug-likeness (QED) is 0.573. The molecule has 0 aliphatic carbocycles. The number of hydrogen-bond acceptors (Lipinski definition) is 1. The molecule has 2 rings (SSSR count). The van der Waals surface area contributed by atoms with Crippen molar-refractivity contribution < 1.29 is 4.21 Å². The molecule has 0 spiro atoms. The highest BCUT2D eigenvalue weighted by Crippen LogP contribution is 2.20. The lowest BCUT2D eigenvalue weighted by Crippen LogP contribution is -2.09. The zero-order valence-electron chi connectivity index (χ0n) is 6.25. The lowest BCUT2D eigenvalue weighted by Gasteiger charge is -2.13. The molecule has 0 unspecified atom stereocenters. The zero-order chi connectivity index (χ0) is 7.68. The van der Waals surface area contributed by atoms with Crippen LogP contribution in [0.2, 0.25) is 0 Å². The molecule has 2 heteroatoms. The van der Waals surface area contributed by atoms with Gasteiger partial charge < -0.3 is 0 Å². The Morgan fingerprint density at radius 3 is 2.91 bits per heavy atom. The summed E-state index contributed by atoms with van der Waals surface area (Å²) in [7, 11) is -0.715. The van der Waals surface area contributed by atoms with E-state index < -0.39 is 10.8 Å². The van der Waals surface area contributed by atoms with Gasteiger partial charge in [-0.05, 0) is 24.5 Å². The van der Waals surface area contributed by atoms with Gasteiger partial charge in [-0.3, -0.25) is 4.21 Å². The average molecular weight is 166 g/mol. The van der Waals surface area contributed by atoms with Crippen molar-refractivity contribution in [2.24, 2.45) is 0 Å². The highest BCUT2D eigenvalue weighted by molar-refractivity contribution is 7.85. The van der Waals surface area contributed by atoms with Gasteiger partial charge in [0.1, 0.15) is 0 Å². The van der Waals surface area contributed by atoms with Gasteiger partial charge in [-0.2, -0.15) is 0 Å². The van der Waals surface area contributed by atoms with E-state index in [-0.39, 0.29) is 0 Å². The number of benzene rings is 1. The lowest BCUT2D eigenvalue weighted by atomic mass is 10.1. The topological polar surface area (TPSA) is 17.1 Å². The van der Waals surface area contributed by atoms with E-state index in [1.165, 1.54) is 5.56 Å². The van der Waals surface area contributed by atoms with Crippen molar-refractivity contribution in [1.82, 2.24) is 0 Å². The smallest absolute Gasteiger partial charge is 0.0532 e. The van der Waals surface area contributed by atoms with Gasteiger partial charge in [0.2, 0.25) is 0 Å². The number of rotatable bonds is 0. The number of aryl methyl sites for hydroxylation is 1. The third-order valence-corrected chi connectivity index (χ3v) is 3.54. The first-order valence-electron chi connectivity index (χ1n) is 3.84. The average Bonchev–Trinajstić information content (AvgIpc) is 2.06. The van der Waals surface area contributed by atoms with E-state index in [9.17, 15) is 4.21 Å². The van der Waals surface area contributed by atoms with E-state index in [1.54, 1.807) is 0 Å². The Kier molecular flexibility index (Phi) is 1.78. The van der Waals surface area contributed by atoms with Crippen molar-refractivity contribution in [3.05, 3.63) is 29.8 Å². The summed E-state index contributed by atoms with van der Waals surface area (Å²) in [6, 6.07) is 8.03. The maximum atomic E-state index is 11.4. The van der Waals surface area contributed by atoms with Crippen LogP contribution in [-0.2, 0) is 17.2 Å². The molecule has 1 aliphatic rings. The van der Waals surface area contributed by atoms with Gasteiger partial charge in [0.25, 0.3) is 0 Å². The van der Waals surface area contributed by atoms with Crippen LogP contribution in [0.4, 0.5) is 0 Å². The summed E-state index contributed by atoms with van der Waals surface area (Å²) in [5.74, 6) is 0.844. The van der Waals surface area contributed by atoms with E-state index in [1.807, 2.05) is 18.2 Å². The Morgan fingerprint density at radius 2 is 2.09 bits per heavy atom. The molecule has 0 aromatic heterocycles. The van der Waals surface area contributed by atoms with E-state index in [2.05, 4.69) is 6.07 Å². The Hall–Kier alpha value is -0.630. The highest BCUT2D eigenvalue weighted by atomic mass is 32.2. The van der Waals surface area contributed by atoms with Gasteiger partial charge in [-0.1, -0.05) is 18.2 Å². The van der Waals surface area contributed by atoms with E-state index in [4.69, 9.17) is 0 Å². The Bertz CT molecular complexity index is 293. The fourth-order valence-electron chi connectivity index (χ4n) is 1.44. The molecule has 0 amide bonds. The van der Waals surface area contributed by atoms with Crippen LogP contribution >= 0.6 is 0 Å². The molecule has 1 aromatic rings. The minimum absolute atomic E-state index is 0.715. The summed E-state index contributed by atoms with van der Waals surface area (Å²) in [6.45, 7) is 0. The van der Waals surface area contributed by atoms with Crippen molar-refractivity contribution >= 4 is 10.8 Å². The molecule has 1 atom stereocenters. The third kappa shape index (κ3) is 1.23. The van der Waals surface area contributed by atoms with Crippen LogP contribution < -0.4 is 0 Å². The van der Waals surface area contributed by atoms with E-state index in [0.717, 1.165) is 23.5 Å². The molecule has 0 saturated heterocycles. The van der Waals surface area contributed by atoms with Gasteiger partial charge in [0.15, 0.2) is 0 Å². The maximum absolute atomic E-state index is 11.4. The molecule has 0 bridgehead atoms. The maximum Gasteiger partial charge on any atom is 0.0532 e. The summed E-state index contributed by atoms with van der Waals surface area (Å²) in [4.78, 5) is 1.05. The van der Waals surface area contributed by atoms with Gasteiger partial charge in [0.05, 0.1) is 10.8 Å². The monoisotopic (exact) mass is 166 g/mol. The molecule has 0 radical (unpaired) electrons. The van der Waals surface area contributed by atoms with Crippen LogP contribution in [0.15, 0.2) is 29.2 Å². The minimum Gasteiger partial charge on any atom is -0.254 e. The first-order chi connectivity index (χ1) is 5.38. The van der Waals surface area contributed by atoms with Crippen molar-refractivity contribution in [3.8, 4) is 0 Å². The molecular weight excluding hydrogens is 156 g/mol. The predicted molar refractivity (Wildman–Crippen MR) is 46.0 cm³/mol. The van der Waals surface area contributed by atoms with Crippen molar-refractivity contribution in [2.75, 3.05) is 5.75 Å². The summed E-state index contributed by atoms with van der Waals surface area (Å²) in [5.41, 5.74) is 1.28. The second-order valence-electron chi connectivity index (χ2n) is 2.76. The van der Waals surface area contributed by atoms with Crippen LogP contribution in [0, 0.1) is 0 Å². The molecule has 1 aliphatic heterocycles. The van der Waals surface area contributed by atoms with Gasteiger partial charge in [-0.15, -0.1) is 0 Å². The molecule has 58 valence electrons. The molecule has 1 heterocycles. The Balaban J connectivity index is 2.52. The Labute approximate surface area is 68.9 Å². The third-order valence-electron chi connectivity index (χ3n) is 1.99. The van der Waals surface area contributed by atoms with E-state index >= 15 is 0 Å². The SMILES string of the molecule is O=[S@@]1CCCc2ccccc21. The van der Waals surface area contributed by atoms with Crippen molar-refractivity contribution in [3.63, 3.8) is 0 Å². The Morgan fingerprint density at radius 1 is 1.27 bits per heavy atom. The normalized spacial score (nSPS) is 22.7. The van der Waals surface area contributed by atoms with Crippen LogP contribution in [0.1, 0.15) is 12.0 Å². The first-order valence-corrected chi connectivity index (χ1v) is 5.16. The first kappa shape index (κ1) is 7.04. The second kappa shape index (κ2) is 2.78. The van der Waals surface area contributed by atoms with Crippen LogP contribution in [0.5, 0.6) is 0 Å². The van der Waals surface area contributed by atoms with Gasteiger partial charge in [-0.25, -0.2) is 0 Å². The largest absolute Gasteiger partial charge is 0.254 e. The van der Waals surface area contributed by atoms with Crippen LogP contribution in [0.25, 0.3) is 0 Å². The van der Waals surface area contributed by atoms with E-state index in [0.29, 0.717) is 0 Å². The fourth-order valence-corrected chi connectivity index (χ4v) is 2.76. The number of hydrogen-bond donors (Lipinski definition) is 0. The summed E-state index contributed by atoms with van der Waals surface area (Å²) in [6.07, 6.45) is 2.17. The number of fused-ring (bicyclic) bond motifs is 1. The molecule has 1 nitrogen and oxygen atoms in total. The molecule has 0 N–H and O–H groups in total. The minimum atomic E-state index is -0.715. The molecule has 0 saturated carbocycles. The van der Waals surface area contributed by atoms with Crippen LogP contribution in [-0.4, -0.2) is 9.96 Å². The van der Waals surface area contributed by atoms with Crippen molar-refractivity contribution in [1.29, 1.82) is 0 Å². The lowest BCUT2D eigenvalue weighted by molar-refractivity contribution is 0.674. The summed E-state index contributed by atoms with van der Waals surface area (Å²) >= 11 is 0. The predicted octanol–water partition coefficient (Wildman–Crippen LogP) is 1.74.